The topological polar surface area (TPSA) is 69.0 Å². The van der Waals surface area contributed by atoms with Gasteiger partial charge >= 0.3 is 6.09 Å². The number of benzene rings is 1. The van der Waals surface area contributed by atoms with Crippen molar-refractivity contribution in [2.24, 2.45) is 0 Å². The molecule has 24 heavy (non-hydrogen) atoms. The van der Waals surface area contributed by atoms with Crippen LogP contribution in [0.1, 0.15) is 31.2 Å². The third-order valence-corrected chi connectivity index (χ3v) is 3.96. The van der Waals surface area contributed by atoms with Crippen molar-refractivity contribution in [3.05, 3.63) is 60.1 Å². The Bertz CT molecular complexity index is 695. The SMILES string of the molecule is CC1(C)OC(C=O)[C@H](c2ccco2)N1C(=O)OCc1ccccc1. The van der Waals surface area contributed by atoms with Gasteiger partial charge < -0.3 is 18.7 Å². The third kappa shape index (κ3) is 3.05. The quantitative estimate of drug-likeness (QED) is 0.805. The molecule has 0 bridgehead atoms. The van der Waals surface area contributed by atoms with Crippen molar-refractivity contribution in [3.63, 3.8) is 0 Å². The number of carbonyl (C=O) groups excluding carboxylic acids is 2. The summed E-state index contributed by atoms with van der Waals surface area (Å²) in [5, 5.41) is 0. The predicted octanol–water partition coefficient (Wildman–Crippen LogP) is 3.29. The van der Waals surface area contributed by atoms with Gasteiger partial charge in [0.15, 0.2) is 6.29 Å². The zero-order chi connectivity index (χ0) is 17.2. The minimum atomic E-state index is -0.989. The summed E-state index contributed by atoms with van der Waals surface area (Å²) in [5.74, 6) is 0.481. The van der Waals surface area contributed by atoms with Gasteiger partial charge in [-0.3, -0.25) is 4.90 Å². The maximum absolute atomic E-state index is 12.7. The molecule has 126 valence electrons. The number of hydrogen-bond donors (Lipinski definition) is 0. The Kier molecular flexibility index (Phi) is 4.40. The maximum atomic E-state index is 12.7. The van der Waals surface area contributed by atoms with Crippen LogP contribution in [0, 0.1) is 0 Å². The lowest BCUT2D eigenvalue weighted by Crippen LogP contribution is -2.45. The number of amides is 1. The highest BCUT2D eigenvalue weighted by Gasteiger charge is 2.52. The number of nitrogens with zero attached hydrogens (tertiary/aromatic N) is 1. The molecule has 1 aromatic carbocycles. The van der Waals surface area contributed by atoms with Gasteiger partial charge in [0, 0.05) is 0 Å². The van der Waals surface area contributed by atoms with Crippen molar-refractivity contribution in [2.75, 3.05) is 0 Å². The van der Waals surface area contributed by atoms with Crippen LogP contribution in [-0.2, 0) is 20.9 Å². The summed E-state index contributed by atoms with van der Waals surface area (Å²) in [5.41, 5.74) is -0.109. The average Bonchev–Trinajstić information content (AvgIpc) is 3.18. The van der Waals surface area contributed by atoms with E-state index in [1.165, 1.54) is 11.2 Å². The fourth-order valence-electron chi connectivity index (χ4n) is 2.91. The number of carbonyl (C=O) groups is 2. The minimum Gasteiger partial charge on any atom is -0.467 e. The molecule has 0 spiro atoms. The van der Waals surface area contributed by atoms with Crippen LogP contribution in [-0.4, -0.2) is 29.1 Å². The summed E-state index contributed by atoms with van der Waals surface area (Å²) in [4.78, 5) is 25.5. The molecule has 6 nitrogen and oxygen atoms in total. The van der Waals surface area contributed by atoms with E-state index in [-0.39, 0.29) is 6.61 Å². The largest absolute Gasteiger partial charge is 0.467 e. The molecule has 1 saturated heterocycles. The lowest BCUT2D eigenvalue weighted by Gasteiger charge is -2.31. The smallest absolute Gasteiger partial charge is 0.413 e. The van der Waals surface area contributed by atoms with E-state index in [0.29, 0.717) is 12.0 Å². The monoisotopic (exact) mass is 329 g/mol. The summed E-state index contributed by atoms with van der Waals surface area (Å²) in [6.45, 7) is 3.58. The van der Waals surface area contributed by atoms with Gasteiger partial charge in [0.05, 0.1) is 6.26 Å². The molecule has 1 aliphatic heterocycles. The molecule has 3 rings (SSSR count). The maximum Gasteiger partial charge on any atom is 0.413 e. The van der Waals surface area contributed by atoms with E-state index in [2.05, 4.69) is 0 Å². The van der Waals surface area contributed by atoms with E-state index in [1.807, 2.05) is 30.3 Å². The van der Waals surface area contributed by atoms with Crippen LogP contribution in [0.2, 0.25) is 0 Å². The van der Waals surface area contributed by atoms with E-state index < -0.39 is 24.0 Å². The zero-order valence-corrected chi connectivity index (χ0v) is 13.5. The average molecular weight is 329 g/mol. The summed E-state index contributed by atoms with van der Waals surface area (Å²) in [6, 6.07) is 12.1. The molecule has 6 heteroatoms. The zero-order valence-electron chi connectivity index (χ0n) is 13.5. The second-order valence-electron chi connectivity index (χ2n) is 6.04. The van der Waals surface area contributed by atoms with Crippen molar-refractivity contribution in [1.82, 2.24) is 4.90 Å². The van der Waals surface area contributed by atoms with E-state index >= 15 is 0 Å². The van der Waals surface area contributed by atoms with Crippen LogP contribution in [0.4, 0.5) is 4.79 Å². The molecule has 1 fully saturated rings. The summed E-state index contributed by atoms with van der Waals surface area (Å²) < 4.78 is 16.5. The Hall–Kier alpha value is -2.60. The normalized spacial score (nSPS) is 22.3. The number of aldehydes is 1. The Morgan fingerprint density at radius 2 is 2.00 bits per heavy atom. The van der Waals surface area contributed by atoms with E-state index in [4.69, 9.17) is 13.9 Å². The molecule has 1 unspecified atom stereocenters. The van der Waals surface area contributed by atoms with Crippen molar-refractivity contribution in [1.29, 1.82) is 0 Å². The van der Waals surface area contributed by atoms with Gasteiger partial charge in [-0.2, -0.15) is 0 Å². The molecule has 0 radical (unpaired) electrons. The first-order valence-corrected chi connectivity index (χ1v) is 7.69. The van der Waals surface area contributed by atoms with Crippen LogP contribution in [0.5, 0.6) is 0 Å². The molecule has 1 aliphatic rings. The molecule has 0 aliphatic carbocycles. The van der Waals surface area contributed by atoms with Gasteiger partial charge in [0.1, 0.15) is 30.2 Å². The van der Waals surface area contributed by atoms with E-state index in [1.54, 1.807) is 26.0 Å². The van der Waals surface area contributed by atoms with Gasteiger partial charge in [-0.15, -0.1) is 0 Å². The van der Waals surface area contributed by atoms with Gasteiger partial charge in [-0.05, 0) is 31.5 Å². The number of ether oxygens (including phenoxy) is 2. The lowest BCUT2D eigenvalue weighted by atomic mass is 10.1. The Labute approximate surface area is 140 Å². The molecule has 0 saturated carbocycles. The van der Waals surface area contributed by atoms with Crippen LogP contribution in [0.25, 0.3) is 0 Å². The Morgan fingerprint density at radius 3 is 2.62 bits per heavy atom. The van der Waals surface area contributed by atoms with Gasteiger partial charge in [0.2, 0.25) is 0 Å². The number of hydrogen-bond acceptors (Lipinski definition) is 5. The summed E-state index contributed by atoms with van der Waals surface area (Å²) in [7, 11) is 0. The lowest BCUT2D eigenvalue weighted by molar-refractivity contribution is -0.123. The predicted molar refractivity (Wildman–Crippen MR) is 84.9 cm³/mol. The van der Waals surface area contributed by atoms with Crippen molar-refractivity contribution in [2.45, 2.75) is 38.3 Å². The van der Waals surface area contributed by atoms with Crippen molar-refractivity contribution in [3.8, 4) is 0 Å². The standard InChI is InChI=1S/C18H19NO5/c1-18(2)19(17(21)23-12-13-7-4-3-5-8-13)16(15(11-20)24-18)14-9-6-10-22-14/h3-11,15-16H,12H2,1-2H3/t15?,16-/m0/s1. The minimum absolute atomic E-state index is 0.142. The summed E-state index contributed by atoms with van der Waals surface area (Å²) in [6.07, 6.45) is 0.806. The van der Waals surface area contributed by atoms with Crippen LogP contribution in [0.3, 0.4) is 0 Å². The fraction of sp³-hybridized carbons (Fsp3) is 0.333. The van der Waals surface area contributed by atoms with Gasteiger partial charge in [-0.25, -0.2) is 4.79 Å². The highest BCUT2D eigenvalue weighted by Crippen LogP contribution is 2.41. The first-order valence-electron chi connectivity index (χ1n) is 7.69. The highest BCUT2D eigenvalue weighted by atomic mass is 16.6. The van der Waals surface area contributed by atoms with E-state index in [9.17, 15) is 9.59 Å². The Morgan fingerprint density at radius 1 is 1.25 bits per heavy atom. The second kappa shape index (κ2) is 6.49. The van der Waals surface area contributed by atoms with Crippen LogP contribution >= 0.6 is 0 Å². The fourth-order valence-corrected chi connectivity index (χ4v) is 2.91. The molecule has 1 aromatic heterocycles. The molecule has 0 N–H and O–H groups in total. The molecule has 2 atom stereocenters. The van der Waals surface area contributed by atoms with Crippen LogP contribution < -0.4 is 0 Å². The van der Waals surface area contributed by atoms with Gasteiger partial charge in [0.25, 0.3) is 0 Å². The summed E-state index contributed by atoms with van der Waals surface area (Å²) >= 11 is 0. The highest BCUT2D eigenvalue weighted by molar-refractivity contribution is 5.72. The Balaban J connectivity index is 1.82. The number of rotatable bonds is 4. The first kappa shape index (κ1) is 16.3. The molecule has 1 amide bonds. The molecule has 2 heterocycles. The van der Waals surface area contributed by atoms with E-state index in [0.717, 1.165) is 5.56 Å². The first-order chi connectivity index (χ1) is 11.5. The van der Waals surface area contributed by atoms with Crippen molar-refractivity contribution >= 4 is 12.4 Å². The molecule has 2 aromatic rings. The molecular weight excluding hydrogens is 310 g/mol. The number of furan rings is 1. The third-order valence-electron chi connectivity index (χ3n) is 3.96. The van der Waals surface area contributed by atoms with Crippen LogP contribution in [0.15, 0.2) is 53.1 Å². The second-order valence-corrected chi connectivity index (χ2v) is 6.04. The van der Waals surface area contributed by atoms with Crippen molar-refractivity contribution < 1.29 is 23.5 Å². The molecular formula is C18H19NO5. The van der Waals surface area contributed by atoms with Gasteiger partial charge in [-0.1, -0.05) is 30.3 Å².